The first-order valence-corrected chi connectivity index (χ1v) is 9.82. The molecule has 8 nitrogen and oxygen atoms in total. The monoisotopic (exact) mass is 436 g/mol. The van der Waals surface area contributed by atoms with Gasteiger partial charge in [0.2, 0.25) is 0 Å². The van der Waals surface area contributed by atoms with Crippen LogP contribution in [0, 0.1) is 10.8 Å². The van der Waals surface area contributed by atoms with Crippen molar-refractivity contribution in [2.24, 2.45) is 10.8 Å². The van der Waals surface area contributed by atoms with Crippen LogP contribution in [0.5, 0.6) is 0 Å². The summed E-state index contributed by atoms with van der Waals surface area (Å²) < 4.78 is 21.1. The molecule has 0 aliphatic heterocycles. The zero-order valence-corrected chi connectivity index (χ0v) is 18.4. The molecule has 0 amide bonds. The second-order valence-corrected chi connectivity index (χ2v) is 7.13. The predicted octanol–water partition coefficient (Wildman–Crippen LogP) is 3.09. The Morgan fingerprint density at radius 1 is 0.581 bits per heavy atom. The van der Waals surface area contributed by atoms with Gasteiger partial charge in [-0.15, -0.1) is 0 Å². The fraction of sp³-hybridized carbons (Fsp3) is 0.478. The van der Waals surface area contributed by atoms with Crippen LogP contribution in [0.3, 0.4) is 0 Å². The van der Waals surface area contributed by atoms with Gasteiger partial charge >= 0.3 is 23.9 Å². The minimum Gasteiger partial charge on any atom is -0.462 e. The molecular formula is C23H32O8. The van der Waals surface area contributed by atoms with Crippen LogP contribution in [0.25, 0.3) is 0 Å². The van der Waals surface area contributed by atoms with E-state index >= 15 is 0 Å². The van der Waals surface area contributed by atoms with Crippen molar-refractivity contribution in [3.8, 4) is 0 Å². The van der Waals surface area contributed by atoms with E-state index in [-0.39, 0.29) is 32.8 Å². The van der Waals surface area contributed by atoms with Gasteiger partial charge in [0.1, 0.15) is 26.4 Å². The summed E-state index contributed by atoms with van der Waals surface area (Å²) in [6.45, 7) is 16.8. The van der Waals surface area contributed by atoms with E-state index in [1.54, 1.807) is 0 Å². The average molecular weight is 437 g/mol. The zero-order valence-electron chi connectivity index (χ0n) is 18.4. The number of rotatable bonds is 16. The van der Waals surface area contributed by atoms with Gasteiger partial charge in [-0.1, -0.05) is 40.2 Å². The highest BCUT2D eigenvalue weighted by Gasteiger charge is 2.43. The fourth-order valence-corrected chi connectivity index (χ4v) is 2.87. The maximum Gasteiger partial charge on any atom is 0.330 e. The van der Waals surface area contributed by atoms with E-state index in [4.69, 9.17) is 18.9 Å². The lowest BCUT2D eigenvalue weighted by molar-refractivity contribution is -0.157. The standard InChI is InChI=1S/C23H32O8/c1-7-18(24)28-14-22(11-5,15-29-19(25)8-2)13-23(12-6,16-30-20(26)9-3)17-31-21(27)10-4/h7-10H,1-4,11-17H2,5-6H3. The van der Waals surface area contributed by atoms with Crippen molar-refractivity contribution in [2.75, 3.05) is 26.4 Å². The summed E-state index contributed by atoms with van der Waals surface area (Å²) in [6, 6.07) is 0. The number of hydrogen-bond donors (Lipinski definition) is 0. The number of hydrogen-bond acceptors (Lipinski definition) is 8. The Balaban J connectivity index is 5.98. The third-order valence-corrected chi connectivity index (χ3v) is 5.00. The Kier molecular flexibility index (Phi) is 12.5. The highest BCUT2D eigenvalue weighted by atomic mass is 16.6. The number of esters is 4. The van der Waals surface area contributed by atoms with Crippen LogP contribution >= 0.6 is 0 Å². The van der Waals surface area contributed by atoms with Gasteiger partial charge in [-0.2, -0.15) is 0 Å². The van der Waals surface area contributed by atoms with Crippen LogP contribution in [0.2, 0.25) is 0 Å². The van der Waals surface area contributed by atoms with Gasteiger partial charge in [-0.3, -0.25) is 0 Å². The second kappa shape index (κ2) is 14.0. The lowest BCUT2D eigenvalue weighted by Crippen LogP contribution is -2.44. The minimum atomic E-state index is -0.853. The lowest BCUT2D eigenvalue weighted by Gasteiger charge is -2.41. The quantitative estimate of drug-likeness (QED) is 0.206. The molecule has 0 atom stereocenters. The summed E-state index contributed by atoms with van der Waals surface area (Å²) in [5.74, 6) is -2.53. The third-order valence-electron chi connectivity index (χ3n) is 5.00. The molecule has 0 aromatic heterocycles. The van der Waals surface area contributed by atoms with Crippen molar-refractivity contribution in [1.82, 2.24) is 0 Å². The number of ether oxygens (including phenoxy) is 4. The Morgan fingerprint density at radius 3 is 0.968 bits per heavy atom. The maximum absolute atomic E-state index is 11.7. The van der Waals surface area contributed by atoms with Crippen LogP contribution in [0.1, 0.15) is 33.1 Å². The number of carbonyl (C=O) groups is 4. The van der Waals surface area contributed by atoms with Crippen molar-refractivity contribution >= 4 is 23.9 Å². The Hall–Kier alpha value is -3.16. The molecule has 31 heavy (non-hydrogen) atoms. The van der Waals surface area contributed by atoms with Gasteiger partial charge in [0.25, 0.3) is 0 Å². The van der Waals surface area contributed by atoms with Gasteiger partial charge in [0, 0.05) is 35.1 Å². The summed E-state index contributed by atoms with van der Waals surface area (Å²) in [5, 5.41) is 0. The first-order valence-electron chi connectivity index (χ1n) is 9.82. The summed E-state index contributed by atoms with van der Waals surface area (Å²) >= 11 is 0. The predicted molar refractivity (Wildman–Crippen MR) is 115 cm³/mol. The Bertz CT molecular complexity index is 586. The number of carbonyl (C=O) groups excluding carboxylic acids is 4. The van der Waals surface area contributed by atoms with Crippen LogP contribution in [0.4, 0.5) is 0 Å². The molecule has 8 heteroatoms. The molecule has 0 fully saturated rings. The third kappa shape index (κ3) is 9.93. The van der Waals surface area contributed by atoms with Crippen LogP contribution in [-0.4, -0.2) is 50.3 Å². The molecule has 0 radical (unpaired) electrons. The van der Waals surface area contributed by atoms with E-state index in [2.05, 4.69) is 26.3 Å². The second-order valence-electron chi connectivity index (χ2n) is 7.13. The molecule has 0 heterocycles. The smallest absolute Gasteiger partial charge is 0.330 e. The van der Waals surface area contributed by atoms with Crippen molar-refractivity contribution in [2.45, 2.75) is 33.1 Å². The maximum atomic E-state index is 11.7. The van der Waals surface area contributed by atoms with Crippen LogP contribution in [0.15, 0.2) is 50.6 Å². The molecule has 0 unspecified atom stereocenters. The van der Waals surface area contributed by atoms with Gasteiger partial charge in [0.05, 0.1) is 0 Å². The van der Waals surface area contributed by atoms with Crippen molar-refractivity contribution in [3.63, 3.8) is 0 Å². The average Bonchev–Trinajstić information content (AvgIpc) is 2.81. The molecular weight excluding hydrogens is 404 g/mol. The summed E-state index contributed by atoms with van der Waals surface area (Å²) in [6.07, 6.45) is 5.24. The normalized spacial score (nSPS) is 10.9. The van der Waals surface area contributed by atoms with Gasteiger partial charge in [-0.05, 0) is 19.3 Å². The molecule has 0 aromatic carbocycles. The van der Waals surface area contributed by atoms with Crippen LogP contribution in [-0.2, 0) is 38.1 Å². The lowest BCUT2D eigenvalue weighted by atomic mass is 9.69. The highest BCUT2D eigenvalue weighted by molar-refractivity contribution is 5.82. The van der Waals surface area contributed by atoms with E-state index in [1.165, 1.54) is 0 Å². The minimum absolute atomic E-state index is 0.0919. The van der Waals surface area contributed by atoms with Crippen molar-refractivity contribution < 1.29 is 38.1 Å². The zero-order chi connectivity index (χ0) is 23.9. The van der Waals surface area contributed by atoms with E-state index in [0.717, 1.165) is 24.3 Å². The molecule has 0 aliphatic carbocycles. The Morgan fingerprint density at radius 2 is 0.806 bits per heavy atom. The van der Waals surface area contributed by atoms with E-state index in [0.29, 0.717) is 12.8 Å². The van der Waals surface area contributed by atoms with Crippen molar-refractivity contribution in [1.29, 1.82) is 0 Å². The first kappa shape index (κ1) is 27.8. The molecule has 0 N–H and O–H groups in total. The SMILES string of the molecule is C=CC(=O)OCC(CC)(COC(=O)C=C)CC(CC)(COC(=O)C=C)COC(=O)C=C. The summed E-state index contributed by atoms with van der Waals surface area (Å²) in [5.41, 5.74) is -1.71. The molecule has 0 aromatic rings. The molecule has 0 saturated heterocycles. The summed E-state index contributed by atoms with van der Waals surface area (Å²) in [7, 11) is 0. The highest BCUT2D eigenvalue weighted by Crippen LogP contribution is 2.41. The summed E-state index contributed by atoms with van der Waals surface area (Å²) in [4.78, 5) is 46.7. The van der Waals surface area contributed by atoms with Gasteiger partial charge in [-0.25, -0.2) is 19.2 Å². The molecule has 0 aliphatic rings. The molecule has 0 bridgehead atoms. The molecule has 0 spiro atoms. The van der Waals surface area contributed by atoms with Crippen LogP contribution < -0.4 is 0 Å². The van der Waals surface area contributed by atoms with E-state index in [1.807, 2.05) is 13.8 Å². The van der Waals surface area contributed by atoms with Gasteiger partial charge < -0.3 is 18.9 Å². The van der Waals surface area contributed by atoms with Crippen molar-refractivity contribution in [3.05, 3.63) is 50.6 Å². The first-order chi connectivity index (χ1) is 14.6. The fourth-order valence-electron chi connectivity index (χ4n) is 2.87. The molecule has 0 rings (SSSR count). The van der Waals surface area contributed by atoms with E-state index < -0.39 is 34.7 Å². The largest absolute Gasteiger partial charge is 0.462 e. The van der Waals surface area contributed by atoms with Gasteiger partial charge in [0.15, 0.2) is 0 Å². The molecule has 172 valence electrons. The Labute approximate surface area is 183 Å². The van der Waals surface area contributed by atoms with E-state index in [9.17, 15) is 19.2 Å². The topological polar surface area (TPSA) is 105 Å². The molecule has 0 saturated carbocycles.